The number of hydrogen-bond acceptors (Lipinski definition) is 3. The Morgan fingerprint density at radius 1 is 1.13 bits per heavy atom. The molecule has 2 heterocycles. The Morgan fingerprint density at radius 3 is 2.30 bits per heavy atom. The van der Waals surface area contributed by atoms with Crippen LogP contribution < -0.4 is 0 Å². The smallest absolute Gasteiger partial charge is 0.135 e. The lowest BCUT2D eigenvalue weighted by Crippen LogP contribution is -2.79. The van der Waals surface area contributed by atoms with Gasteiger partial charge in [0.2, 0.25) is 0 Å². The minimum absolute atomic E-state index is 0.316. The number of aromatic nitrogens is 2. The molecule has 4 fully saturated rings. The molecule has 126 valence electrons. The molecule has 0 spiro atoms. The number of carbonyl (C=O) groups is 1. The fourth-order valence-electron chi connectivity index (χ4n) is 4.87. The third-order valence-corrected chi connectivity index (χ3v) is 7.11. The maximum absolute atomic E-state index is 11.5. The summed E-state index contributed by atoms with van der Waals surface area (Å²) in [4.78, 5) is 18.9. The molecular weight excluding hydrogens is 401 g/mol. The zero-order valence-electron chi connectivity index (χ0n) is 14.3. The second-order valence-corrected chi connectivity index (χ2v) is 9.43. The quantitative estimate of drug-likeness (QED) is 0.690. The van der Waals surface area contributed by atoms with E-state index in [1.165, 1.54) is 25.1 Å². The van der Waals surface area contributed by atoms with Gasteiger partial charge in [-0.05, 0) is 47.8 Å². The SMILES string of the molecule is CC(C)C(C)c1nc(I)cn1C12CC(N3CCC(=O)CC3)(C1)C2. The zero-order chi connectivity index (χ0) is 16.4. The molecule has 4 aliphatic rings. The number of likely N-dealkylation sites (tertiary alicyclic amines) is 1. The van der Waals surface area contributed by atoms with Crippen molar-refractivity contribution in [3.05, 3.63) is 15.7 Å². The van der Waals surface area contributed by atoms with Crippen molar-refractivity contribution >= 4 is 28.4 Å². The molecule has 0 amide bonds. The number of carbonyl (C=O) groups excluding carboxylic acids is 1. The topological polar surface area (TPSA) is 38.1 Å². The van der Waals surface area contributed by atoms with E-state index in [0.29, 0.717) is 28.7 Å². The van der Waals surface area contributed by atoms with Crippen LogP contribution in [0.5, 0.6) is 0 Å². The molecule has 1 aromatic rings. The number of piperidine rings is 1. The molecule has 1 aliphatic heterocycles. The van der Waals surface area contributed by atoms with Crippen molar-refractivity contribution in [3.8, 4) is 0 Å². The minimum atomic E-state index is 0.316. The Kier molecular flexibility index (Phi) is 3.69. The first kappa shape index (κ1) is 16.1. The van der Waals surface area contributed by atoms with Gasteiger partial charge in [0, 0.05) is 43.6 Å². The molecule has 5 rings (SSSR count). The molecule has 1 unspecified atom stereocenters. The van der Waals surface area contributed by atoms with E-state index in [1.54, 1.807) is 0 Å². The van der Waals surface area contributed by atoms with Crippen LogP contribution in [0.4, 0.5) is 0 Å². The normalized spacial score (nSPS) is 35.1. The fourth-order valence-corrected chi connectivity index (χ4v) is 5.39. The first-order chi connectivity index (χ1) is 10.9. The van der Waals surface area contributed by atoms with Crippen molar-refractivity contribution in [2.24, 2.45) is 5.92 Å². The van der Waals surface area contributed by atoms with Gasteiger partial charge in [0.25, 0.3) is 0 Å². The largest absolute Gasteiger partial charge is 0.327 e. The van der Waals surface area contributed by atoms with Crippen LogP contribution >= 0.6 is 22.6 Å². The molecule has 2 bridgehead atoms. The molecule has 23 heavy (non-hydrogen) atoms. The Labute approximate surface area is 152 Å². The highest BCUT2D eigenvalue weighted by molar-refractivity contribution is 14.1. The summed E-state index contributed by atoms with van der Waals surface area (Å²) in [6.07, 6.45) is 7.52. The number of imidazole rings is 1. The highest BCUT2D eigenvalue weighted by Crippen LogP contribution is 2.68. The maximum Gasteiger partial charge on any atom is 0.135 e. The van der Waals surface area contributed by atoms with Gasteiger partial charge < -0.3 is 4.57 Å². The average Bonchev–Trinajstić information content (AvgIpc) is 2.79. The Morgan fingerprint density at radius 2 is 1.74 bits per heavy atom. The van der Waals surface area contributed by atoms with Gasteiger partial charge in [0.05, 0.1) is 5.54 Å². The van der Waals surface area contributed by atoms with Crippen LogP contribution in [0.25, 0.3) is 0 Å². The second kappa shape index (κ2) is 5.28. The van der Waals surface area contributed by atoms with E-state index >= 15 is 0 Å². The maximum atomic E-state index is 11.5. The summed E-state index contributed by atoms with van der Waals surface area (Å²) in [6.45, 7) is 8.82. The highest BCUT2D eigenvalue weighted by atomic mass is 127. The first-order valence-corrected chi connectivity index (χ1v) is 9.95. The molecule has 1 atom stereocenters. The van der Waals surface area contributed by atoms with E-state index in [4.69, 9.17) is 4.98 Å². The molecule has 0 radical (unpaired) electrons. The van der Waals surface area contributed by atoms with Crippen LogP contribution in [0.3, 0.4) is 0 Å². The second-order valence-electron chi connectivity index (χ2n) is 8.33. The van der Waals surface area contributed by atoms with Crippen molar-refractivity contribution in [3.63, 3.8) is 0 Å². The lowest BCUT2D eigenvalue weighted by Gasteiger charge is -2.74. The zero-order valence-corrected chi connectivity index (χ0v) is 16.5. The van der Waals surface area contributed by atoms with Gasteiger partial charge in [0.15, 0.2) is 0 Å². The summed E-state index contributed by atoms with van der Waals surface area (Å²) in [6, 6.07) is 0. The van der Waals surface area contributed by atoms with Crippen molar-refractivity contribution in [2.75, 3.05) is 13.1 Å². The predicted octanol–water partition coefficient (Wildman–Crippen LogP) is 3.54. The van der Waals surface area contributed by atoms with Gasteiger partial charge in [-0.2, -0.15) is 0 Å². The average molecular weight is 427 g/mol. The number of nitrogens with zero attached hydrogens (tertiary/aromatic N) is 3. The van der Waals surface area contributed by atoms with E-state index in [-0.39, 0.29) is 0 Å². The third kappa shape index (κ3) is 2.33. The molecule has 4 nitrogen and oxygen atoms in total. The minimum Gasteiger partial charge on any atom is -0.327 e. The molecule has 3 saturated carbocycles. The number of ketones is 1. The van der Waals surface area contributed by atoms with Crippen LogP contribution in [0.2, 0.25) is 0 Å². The van der Waals surface area contributed by atoms with Crippen LogP contribution in [0.15, 0.2) is 6.20 Å². The van der Waals surface area contributed by atoms with Crippen molar-refractivity contribution in [1.29, 1.82) is 0 Å². The Hall–Kier alpha value is -0.430. The summed E-state index contributed by atoms with van der Waals surface area (Å²) in [5.74, 6) is 2.82. The van der Waals surface area contributed by atoms with Crippen LogP contribution in [0, 0.1) is 9.62 Å². The lowest BCUT2D eigenvalue weighted by atomic mass is 9.43. The summed E-state index contributed by atoms with van der Waals surface area (Å²) in [5, 5.41) is 0. The van der Waals surface area contributed by atoms with Gasteiger partial charge in [-0.1, -0.05) is 20.8 Å². The van der Waals surface area contributed by atoms with Crippen LogP contribution in [0.1, 0.15) is 64.6 Å². The first-order valence-electron chi connectivity index (χ1n) is 8.87. The van der Waals surface area contributed by atoms with Crippen molar-refractivity contribution in [1.82, 2.24) is 14.5 Å². The number of halogens is 1. The highest BCUT2D eigenvalue weighted by Gasteiger charge is 2.71. The van der Waals surface area contributed by atoms with Gasteiger partial charge >= 0.3 is 0 Å². The standard InChI is InChI=1S/C18H26IN3O/c1-12(2)13(3)16-20-15(19)8-22(16)18-9-17(10-18,11-18)21-6-4-14(23)5-7-21/h8,12-13H,4-7,9-11H2,1-3H3. The summed E-state index contributed by atoms with van der Waals surface area (Å²) < 4.78 is 3.63. The van der Waals surface area contributed by atoms with E-state index in [1.807, 2.05) is 0 Å². The van der Waals surface area contributed by atoms with E-state index in [0.717, 1.165) is 29.6 Å². The molecule has 0 N–H and O–H groups in total. The van der Waals surface area contributed by atoms with Gasteiger partial charge in [-0.15, -0.1) is 0 Å². The molecule has 1 saturated heterocycles. The van der Waals surface area contributed by atoms with Crippen molar-refractivity contribution < 1.29 is 4.79 Å². The summed E-state index contributed by atoms with van der Waals surface area (Å²) in [7, 11) is 0. The van der Waals surface area contributed by atoms with Crippen molar-refractivity contribution in [2.45, 2.75) is 69.9 Å². The monoisotopic (exact) mass is 427 g/mol. The van der Waals surface area contributed by atoms with E-state index < -0.39 is 0 Å². The van der Waals surface area contributed by atoms with Gasteiger partial charge in [0.1, 0.15) is 15.3 Å². The summed E-state index contributed by atoms with van der Waals surface area (Å²) in [5.41, 5.74) is 0.713. The molecule has 5 heteroatoms. The lowest BCUT2D eigenvalue weighted by molar-refractivity contribution is -0.210. The van der Waals surface area contributed by atoms with Crippen LogP contribution in [-0.2, 0) is 10.3 Å². The van der Waals surface area contributed by atoms with Crippen LogP contribution in [-0.4, -0.2) is 38.9 Å². The van der Waals surface area contributed by atoms with Gasteiger partial charge in [-0.3, -0.25) is 9.69 Å². The van der Waals surface area contributed by atoms with Gasteiger partial charge in [-0.25, -0.2) is 4.98 Å². The number of hydrogen-bond donors (Lipinski definition) is 0. The Balaban J connectivity index is 1.52. The Bertz CT molecular complexity index is 621. The number of rotatable bonds is 4. The third-order valence-electron chi connectivity index (χ3n) is 6.59. The molecular formula is C18H26IN3O. The van der Waals surface area contributed by atoms with E-state index in [2.05, 4.69) is 59.0 Å². The summed E-state index contributed by atoms with van der Waals surface area (Å²) >= 11 is 2.35. The van der Waals surface area contributed by atoms with E-state index in [9.17, 15) is 4.79 Å². The predicted molar refractivity (Wildman–Crippen MR) is 98.6 cm³/mol. The molecule has 3 aliphatic carbocycles. The molecule has 1 aromatic heterocycles. The number of Topliss-reactive ketones (excluding diaryl/α,β-unsaturated/α-hetero) is 1. The fraction of sp³-hybridized carbons (Fsp3) is 0.778. The molecule has 0 aromatic carbocycles.